The molecule has 0 radical (unpaired) electrons. The molecule has 5 atom stereocenters. The normalized spacial score (nSPS) is 20.2. The average molecular weight is 759 g/mol. The Kier molecular flexibility index (Phi) is 15.6. The number of aromatic nitrogens is 4. The molecule has 1 fully saturated rings. The molecule has 3 unspecified atom stereocenters. The van der Waals surface area contributed by atoms with E-state index < -0.39 is 56.3 Å². The van der Waals surface area contributed by atoms with Crippen LogP contribution in [0.5, 0.6) is 5.75 Å². The topological polar surface area (TPSA) is 179 Å². The lowest BCUT2D eigenvalue weighted by molar-refractivity contribution is -0.158. The average Bonchev–Trinajstić information content (AvgIpc) is 3.72. The number of rotatable bonds is 22. The first-order chi connectivity index (χ1) is 25.5. The van der Waals surface area contributed by atoms with E-state index in [-0.39, 0.29) is 48.1 Å². The molecule has 3 heterocycles. The van der Waals surface area contributed by atoms with Gasteiger partial charge in [-0.05, 0) is 31.4 Å². The lowest BCUT2D eigenvalue weighted by atomic mass is 9.98. The monoisotopic (exact) mass is 758 g/mol. The number of ether oxygens (including phenoxy) is 3. The van der Waals surface area contributed by atoms with Crippen LogP contribution in [-0.2, 0) is 32.9 Å². The predicted octanol–water partition coefficient (Wildman–Crippen LogP) is 7.05. The molecule has 0 saturated carbocycles. The van der Waals surface area contributed by atoms with Crippen molar-refractivity contribution in [1.29, 1.82) is 0 Å². The Hall–Kier alpha value is -4.09. The molecule has 14 nitrogen and oxygen atoms in total. The minimum atomic E-state index is -4.42. The molecule has 0 aliphatic carbocycles. The van der Waals surface area contributed by atoms with Gasteiger partial charge in [0.2, 0.25) is 0 Å². The maximum Gasteiger partial charge on any atom is 0.459 e. The summed E-state index contributed by atoms with van der Waals surface area (Å²) in [5.41, 5.74) is 4.22. The summed E-state index contributed by atoms with van der Waals surface area (Å²) in [6, 6.07) is 7.12. The number of hydrogen-bond donors (Lipinski definition) is 2. The molecule has 3 N–H and O–H groups in total. The van der Waals surface area contributed by atoms with E-state index in [0.717, 1.165) is 44.9 Å². The number of fused-ring (bicyclic) bond motifs is 1. The molecule has 0 amide bonds. The summed E-state index contributed by atoms with van der Waals surface area (Å²) in [6.45, 7) is 7.24. The third-order valence-corrected chi connectivity index (χ3v) is 10.9. The molecule has 16 heteroatoms. The SMILES string of the molecule is C#CC1(CO[P@@](=O)(N[C@@H](C)C(=O)OCC(CC)CC)Oc2ccccc2)OC(n2cnc3c(N)nc(F)nc32)CC1OC(=O)CCCCCCCCC. The minimum Gasteiger partial charge on any atom is -0.464 e. The van der Waals surface area contributed by atoms with Gasteiger partial charge in [-0.25, -0.2) is 9.55 Å². The number of hydrogen-bond acceptors (Lipinski definition) is 12. The van der Waals surface area contributed by atoms with Crippen molar-refractivity contribution in [3.05, 3.63) is 42.7 Å². The van der Waals surface area contributed by atoms with E-state index in [9.17, 15) is 18.5 Å². The first kappa shape index (κ1) is 41.7. The number of para-hydroxylation sites is 1. The van der Waals surface area contributed by atoms with Crippen LogP contribution < -0.4 is 15.3 Å². The van der Waals surface area contributed by atoms with Crippen molar-refractivity contribution in [3.63, 3.8) is 0 Å². The molecule has 1 saturated heterocycles. The molecule has 1 aliphatic heterocycles. The highest BCUT2D eigenvalue weighted by Crippen LogP contribution is 2.48. The second kappa shape index (κ2) is 19.8. The lowest BCUT2D eigenvalue weighted by Crippen LogP contribution is -2.45. The van der Waals surface area contributed by atoms with Crippen LogP contribution in [0.3, 0.4) is 0 Å². The molecule has 3 aromatic rings. The van der Waals surface area contributed by atoms with Crippen molar-refractivity contribution in [3.8, 4) is 18.1 Å². The van der Waals surface area contributed by atoms with Gasteiger partial charge in [0.25, 0.3) is 0 Å². The summed E-state index contributed by atoms with van der Waals surface area (Å²) in [5.74, 6) is 1.59. The predicted molar refractivity (Wildman–Crippen MR) is 197 cm³/mol. The lowest BCUT2D eigenvalue weighted by Gasteiger charge is -2.31. The van der Waals surface area contributed by atoms with E-state index in [2.05, 4.69) is 32.9 Å². The van der Waals surface area contributed by atoms with E-state index in [1.807, 2.05) is 13.8 Å². The van der Waals surface area contributed by atoms with Crippen LogP contribution >= 0.6 is 7.75 Å². The van der Waals surface area contributed by atoms with E-state index >= 15 is 0 Å². The van der Waals surface area contributed by atoms with E-state index in [0.29, 0.717) is 6.42 Å². The molecule has 4 rings (SSSR count). The van der Waals surface area contributed by atoms with Crippen molar-refractivity contribution >= 4 is 36.7 Å². The van der Waals surface area contributed by atoms with Crippen molar-refractivity contribution in [2.45, 2.75) is 122 Å². The smallest absolute Gasteiger partial charge is 0.459 e. The summed E-state index contributed by atoms with van der Waals surface area (Å²) in [6.07, 6.45) is 13.1. The Balaban J connectivity index is 1.58. The van der Waals surface area contributed by atoms with Crippen LogP contribution in [0.2, 0.25) is 0 Å². The fraction of sp³-hybridized carbons (Fsp3) is 0.595. The van der Waals surface area contributed by atoms with Crippen LogP contribution in [0.25, 0.3) is 11.2 Å². The first-order valence-corrected chi connectivity index (χ1v) is 19.9. The third kappa shape index (κ3) is 11.5. The number of carbonyl (C=O) groups excluding carboxylic acids is 2. The molecule has 0 bridgehead atoms. The highest BCUT2D eigenvalue weighted by Gasteiger charge is 2.53. The van der Waals surface area contributed by atoms with Crippen LogP contribution in [0.4, 0.5) is 10.2 Å². The van der Waals surface area contributed by atoms with Gasteiger partial charge in [-0.2, -0.15) is 19.4 Å². The van der Waals surface area contributed by atoms with Gasteiger partial charge in [0.1, 0.15) is 30.7 Å². The minimum absolute atomic E-state index is 0.0245. The largest absolute Gasteiger partial charge is 0.464 e. The number of anilines is 1. The first-order valence-electron chi connectivity index (χ1n) is 18.4. The zero-order chi connectivity index (χ0) is 38.4. The summed E-state index contributed by atoms with van der Waals surface area (Å²) in [5, 5.41) is 2.67. The van der Waals surface area contributed by atoms with Crippen LogP contribution in [0.15, 0.2) is 36.7 Å². The Bertz CT molecular complexity index is 1740. The Morgan fingerprint density at radius 2 is 1.83 bits per heavy atom. The summed E-state index contributed by atoms with van der Waals surface area (Å²) in [7, 11) is -4.42. The van der Waals surface area contributed by atoms with Crippen molar-refractivity contribution in [2.75, 3.05) is 18.9 Å². The van der Waals surface area contributed by atoms with Gasteiger partial charge in [0.15, 0.2) is 22.6 Å². The van der Waals surface area contributed by atoms with Crippen LogP contribution in [0, 0.1) is 24.3 Å². The summed E-state index contributed by atoms with van der Waals surface area (Å²) < 4.78 is 59.7. The molecule has 2 aromatic heterocycles. The van der Waals surface area contributed by atoms with E-state index in [1.54, 1.807) is 30.3 Å². The number of carbonyl (C=O) groups is 2. The number of esters is 2. The molecule has 290 valence electrons. The number of imidazole rings is 1. The van der Waals surface area contributed by atoms with Gasteiger partial charge < -0.3 is 24.5 Å². The molecule has 0 spiro atoms. The van der Waals surface area contributed by atoms with Crippen LogP contribution in [0.1, 0.15) is 105 Å². The Labute approximate surface area is 310 Å². The molecule has 53 heavy (non-hydrogen) atoms. The van der Waals surface area contributed by atoms with Gasteiger partial charge in [-0.3, -0.25) is 18.7 Å². The molecule has 1 aliphatic rings. The number of halogens is 1. The van der Waals surface area contributed by atoms with Gasteiger partial charge >= 0.3 is 25.8 Å². The zero-order valence-corrected chi connectivity index (χ0v) is 31.9. The number of unbranched alkanes of at least 4 members (excludes halogenated alkanes) is 6. The molecule has 1 aromatic carbocycles. The van der Waals surface area contributed by atoms with E-state index in [1.165, 1.54) is 24.2 Å². The van der Waals surface area contributed by atoms with Crippen molar-refractivity contribution < 1.29 is 41.8 Å². The standard InChI is InChI=1S/C37H52FN6O8P/c1-6-10-11-12-13-14-18-21-31(45)50-29-22-30(44-25-40-32-33(39)41-36(38)42-34(32)44)51-37(29,9-4)24-49-53(47,52-28-19-16-15-17-20-28)43-26(5)35(46)48-23-27(7-2)8-3/h4,15-17,19-20,25-27,29-30H,6-8,10-14,18,21-24H2,1-3,5H3,(H,43,47)(H2,39,41,42)/t26-,29?,30?,37?,53-/m0/s1. The second-order valence-corrected chi connectivity index (χ2v) is 14.9. The number of terminal acetylenes is 1. The molecular formula is C37H52FN6O8P. The van der Waals surface area contributed by atoms with Gasteiger partial charge in [-0.1, -0.05) is 96.3 Å². The number of nitrogens with one attached hydrogen (secondary N) is 1. The van der Waals surface area contributed by atoms with Gasteiger partial charge in [0, 0.05) is 12.8 Å². The number of nitrogens with two attached hydrogens (primary N) is 1. The van der Waals surface area contributed by atoms with E-state index in [4.69, 9.17) is 35.4 Å². The zero-order valence-electron chi connectivity index (χ0n) is 31.0. The third-order valence-electron chi connectivity index (χ3n) is 9.26. The van der Waals surface area contributed by atoms with Crippen LogP contribution in [-0.4, -0.2) is 62.4 Å². The number of nitrogens with zero attached hydrogens (tertiary/aromatic N) is 4. The second-order valence-electron chi connectivity index (χ2n) is 13.2. The van der Waals surface area contributed by atoms with Crippen molar-refractivity contribution in [2.24, 2.45) is 5.92 Å². The quantitative estimate of drug-likeness (QED) is 0.0350. The highest BCUT2D eigenvalue weighted by atomic mass is 31.2. The number of benzene rings is 1. The summed E-state index contributed by atoms with van der Waals surface area (Å²) in [4.78, 5) is 37.8. The molecular weight excluding hydrogens is 706 g/mol. The fourth-order valence-corrected chi connectivity index (χ4v) is 7.47. The Morgan fingerprint density at radius 1 is 1.13 bits per heavy atom. The Morgan fingerprint density at radius 3 is 2.51 bits per heavy atom. The maximum atomic E-state index is 14.4. The maximum absolute atomic E-state index is 14.4. The highest BCUT2D eigenvalue weighted by molar-refractivity contribution is 7.52. The van der Waals surface area contributed by atoms with Gasteiger partial charge in [0.05, 0.1) is 12.9 Å². The van der Waals surface area contributed by atoms with Gasteiger partial charge in [-0.15, -0.1) is 6.42 Å². The number of nitrogen functional groups attached to an aromatic ring is 1. The fourth-order valence-electron chi connectivity index (χ4n) is 5.95. The summed E-state index contributed by atoms with van der Waals surface area (Å²) >= 11 is 0. The van der Waals surface area contributed by atoms with Crippen molar-refractivity contribution in [1.82, 2.24) is 24.6 Å².